The van der Waals surface area contributed by atoms with Gasteiger partial charge in [0.25, 0.3) is 5.91 Å². The first kappa shape index (κ1) is 19.9. The Morgan fingerprint density at radius 1 is 1.12 bits per heavy atom. The Morgan fingerprint density at radius 2 is 1.77 bits per heavy atom. The molecule has 0 aromatic heterocycles. The molecule has 0 spiro atoms. The first-order valence-corrected chi connectivity index (χ1v) is 8.41. The van der Waals surface area contributed by atoms with E-state index < -0.39 is 23.6 Å². The molecule has 0 aliphatic carbocycles. The number of carbonyl (C=O) groups excluding carboxylic acids is 3. The standard InChI is InChI=1S/C18H17Cl2N3O3/c1-23(15(24)10-21)16(18(26)22-12-5-3-2-4-6-12)17(25)13-8-7-11(19)9-14(13)20/h2-9,16H,10,21H2,1H3,(H,22,26)/t16-/m0/s1. The lowest BCUT2D eigenvalue weighted by Gasteiger charge is -2.26. The maximum atomic E-state index is 12.9. The number of Topliss-reactive ketones (excluding diaryl/α,β-unsaturated/α-hetero) is 1. The molecule has 2 amide bonds. The summed E-state index contributed by atoms with van der Waals surface area (Å²) in [7, 11) is 1.34. The van der Waals surface area contributed by atoms with Gasteiger partial charge in [-0.1, -0.05) is 41.4 Å². The third kappa shape index (κ3) is 4.60. The van der Waals surface area contributed by atoms with E-state index in [-0.39, 0.29) is 17.1 Å². The summed E-state index contributed by atoms with van der Waals surface area (Å²) in [6, 6.07) is 11.5. The number of anilines is 1. The van der Waals surface area contributed by atoms with Crippen LogP contribution in [0, 0.1) is 0 Å². The van der Waals surface area contributed by atoms with Gasteiger partial charge in [-0.3, -0.25) is 14.4 Å². The van der Waals surface area contributed by atoms with Crippen molar-refractivity contribution in [2.24, 2.45) is 5.73 Å². The third-order valence-corrected chi connectivity index (χ3v) is 4.24. The largest absolute Gasteiger partial charge is 0.326 e. The minimum atomic E-state index is -1.43. The molecule has 0 aliphatic rings. The van der Waals surface area contributed by atoms with E-state index in [2.05, 4.69) is 5.32 Å². The fourth-order valence-electron chi connectivity index (χ4n) is 2.33. The van der Waals surface area contributed by atoms with Crippen LogP contribution in [0.4, 0.5) is 5.69 Å². The van der Waals surface area contributed by atoms with Crippen LogP contribution in [0.25, 0.3) is 0 Å². The summed E-state index contributed by atoms with van der Waals surface area (Å²) in [5, 5.41) is 3.06. The number of halogens is 2. The highest BCUT2D eigenvalue weighted by molar-refractivity contribution is 6.37. The molecule has 26 heavy (non-hydrogen) atoms. The van der Waals surface area contributed by atoms with Crippen molar-refractivity contribution in [2.75, 3.05) is 18.9 Å². The summed E-state index contributed by atoms with van der Waals surface area (Å²) < 4.78 is 0. The van der Waals surface area contributed by atoms with Crippen LogP contribution in [0.3, 0.4) is 0 Å². The molecule has 0 bridgehead atoms. The second-order valence-electron chi connectivity index (χ2n) is 5.45. The molecule has 3 N–H and O–H groups in total. The van der Waals surface area contributed by atoms with Gasteiger partial charge < -0.3 is 16.0 Å². The van der Waals surface area contributed by atoms with Gasteiger partial charge in [0.1, 0.15) is 0 Å². The van der Waals surface area contributed by atoms with Gasteiger partial charge in [0.15, 0.2) is 11.8 Å². The Morgan fingerprint density at radius 3 is 2.35 bits per heavy atom. The van der Waals surface area contributed by atoms with Crippen molar-refractivity contribution in [3.05, 3.63) is 64.1 Å². The van der Waals surface area contributed by atoms with Gasteiger partial charge in [-0.15, -0.1) is 0 Å². The molecule has 2 aromatic carbocycles. The fourth-order valence-corrected chi connectivity index (χ4v) is 2.83. The summed E-state index contributed by atoms with van der Waals surface area (Å²) in [5.74, 6) is -1.86. The average Bonchev–Trinajstić information content (AvgIpc) is 2.61. The maximum absolute atomic E-state index is 12.9. The molecule has 1 atom stereocenters. The zero-order valence-corrected chi connectivity index (χ0v) is 15.4. The minimum absolute atomic E-state index is 0.0842. The second kappa shape index (κ2) is 8.80. The van der Waals surface area contributed by atoms with Crippen LogP contribution in [-0.4, -0.2) is 42.1 Å². The first-order chi connectivity index (χ1) is 12.3. The van der Waals surface area contributed by atoms with E-state index in [0.717, 1.165) is 4.90 Å². The lowest BCUT2D eigenvalue weighted by molar-refractivity contribution is -0.134. The molecular weight excluding hydrogens is 377 g/mol. The fraction of sp³-hybridized carbons (Fsp3) is 0.167. The molecule has 6 nitrogen and oxygen atoms in total. The number of likely N-dealkylation sites (N-methyl/N-ethyl adjacent to an activating group) is 1. The quantitative estimate of drug-likeness (QED) is 0.582. The van der Waals surface area contributed by atoms with Crippen molar-refractivity contribution >= 4 is 46.5 Å². The van der Waals surface area contributed by atoms with Crippen LogP contribution in [0.5, 0.6) is 0 Å². The predicted octanol–water partition coefficient (Wildman–Crippen LogP) is 2.60. The van der Waals surface area contributed by atoms with E-state index in [0.29, 0.717) is 10.7 Å². The number of amides is 2. The zero-order chi connectivity index (χ0) is 19.3. The van der Waals surface area contributed by atoms with Gasteiger partial charge in [-0.25, -0.2) is 0 Å². The van der Waals surface area contributed by atoms with Crippen molar-refractivity contribution in [1.82, 2.24) is 4.90 Å². The number of nitrogens with zero attached hydrogens (tertiary/aromatic N) is 1. The van der Waals surface area contributed by atoms with Gasteiger partial charge in [0.2, 0.25) is 5.91 Å². The van der Waals surface area contributed by atoms with Crippen molar-refractivity contribution < 1.29 is 14.4 Å². The number of nitrogens with two attached hydrogens (primary N) is 1. The monoisotopic (exact) mass is 393 g/mol. The van der Waals surface area contributed by atoms with Gasteiger partial charge in [0, 0.05) is 23.3 Å². The van der Waals surface area contributed by atoms with Gasteiger partial charge in [-0.2, -0.15) is 0 Å². The average molecular weight is 394 g/mol. The minimum Gasteiger partial charge on any atom is -0.326 e. The van der Waals surface area contributed by atoms with Crippen molar-refractivity contribution in [3.63, 3.8) is 0 Å². The molecule has 0 aliphatic heterocycles. The number of hydrogen-bond donors (Lipinski definition) is 2. The third-order valence-electron chi connectivity index (χ3n) is 3.69. The Hall–Kier alpha value is -2.41. The van der Waals surface area contributed by atoms with Crippen molar-refractivity contribution in [1.29, 1.82) is 0 Å². The summed E-state index contributed by atoms with van der Waals surface area (Å²) in [4.78, 5) is 38.7. The highest BCUT2D eigenvalue weighted by Gasteiger charge is 2.35. The predicted molar refractivity (Wildman–Crippen MR) is 101 cm³/mol. The molecule has 0 radical (unpaired) electrons. The van der Waals surface area contributed by atoms with E-state index in [9.17, 15) is 14.4 Å². The summed E-state index contributed by atoms with van der Waals surface area (Å²) in [5.41, 5.74) is 5.95. The lowest BCUT2D eigenvalue weighted by atomic mass is 10.0. The molecule has 0 heterocycles. The second-order valence-corrected chi connectivity index (χ2v) is 6.30. The number of hydrogen-bond acceptors (Lipinski definition) is 4. The molecule has 2 rings (SSSR count). The first-order valence-electron chi connectivity index (χ1n) is 7.66. The summed E-state index contributed by atoms with van der Waals surface area (Å²) in [6.07, 6.45) is 0. The highest BCUT2D eigenvalue weighted by atomic mass is 35.5. The number of benzene rings is 2. The van der Waals surface area contributed by atoms with E-state index in [1.54, 1.807) is 30.3 Å². The SMILES string of the molecule is CN(C(=O)CN)[C@H](C(=O)Nc1ccccc1)C(=O)c1ccc(Cl)cc1Cl. The summed E-state index contributed by atoms with van der Waals surface area (Å²) >= 11 is 11.9. The smallest absolute Gasteiger partial charge is 0.255 e. The molecule has 136 valence electrons. The van der Waals surface area contributed by atoms with Crippen LogP contribution >= 0.6 is 23.2 Å². The molecule has 2 aromatic rings. The molecule has 8 heteroatoms. The molecule has 0 saturated carbocycles. The van der Waals surface area contributed by atoms with Crippen LogP contribution in [0.2, 0.25) is 10.0 Å². The van der Waals surface area contributed by atoms with E-state index in [4.69, 9.17) is 28.9 Å². The Bertz CT molecular complexity index is 828. The van der Waals surface area contributed by atoms with E-state index in [1.165, 1.54) is 25.2 Å². The molecule has 0 unspecified atom stereocenters. The zero-order valence-electron chi connectivity index (χ0n) is 13.9. The van der Waals surface area contributed by atoms with Gasteiger partial charge in [0.05, 0.1) is 11.6 Å². The van der Waals surface area contributed by atoms with E-state index >= 15 is 0 Å². The highest BCUT2D eigenvalue weighted by Crippen LogP contribution is 2.23. The number of para-hydroxylation sites is 1. The number of rotatable bonds is 6. The van der Waals surface area contributed by atoms with Crippen LogP contribution < -0.4 is 11.1 Å². The van der Waals surface area contributed by atoms with Crippen LogP contribution in [-0.2, 0) is 9.59 Å². The molecular formula is C18H17Cl2N3O3. The Balaban J connectivity index is 2.38. The van der Waals surface area contributed by atoms with Gasteiger partial charge in [-0.05, 0) is 30.3 Å². The molecule has 0 saturated heterocycles. The van der Waals surface area contributed by atoms with Gasteiger partial charge >= 0.3 is 0 Å². The topological polar surface area (TPSA) is 92.5 Å². The molecule has 0 fully saturated rings. The Labute approximate surface area is 160 Å². The number of carbonyl (C=O) groups is 3. The van der Waals surface area contributed by atoms with Crippen LogP contribution in [0.1, 0.15) is 10.4 Å². The number of nitrogens with one attached hydrogen (secondary N) is 1. The van der Waals surface area contributed by atoms with Crippen LogP contribution in [0.15, 0.2) is 48.5 Å². The van der Waals surface area contributed by atoms with Crippen molar-refractivity contribution in [3.8, 4) is 0 Å². The summed E-state index contributed by atoms with van der Waals surface area (Å²) in [6.45, 7) is -0.340. The number of ketones is 1. The van der Waals surface area contributed by atoms with E-state index in [1.807, 2.05) is 0 Å². The maximum Gasteiger partial charge on any atom is 0.255 e. The Kier molecular flexibility index (Phi) is 6.74. The van der Waals surface area contributed by atoms with Crippen molar-refractivity contribution in [2.45, 2.75) is 6.04 Å². The normalized spacial score (nSPS) is 11.5. The lowest BCUT2D eigenvalue weighted by Crippen LogP contribution is -2.51.